The SMILES string of the molecule is CCN(CC)C1CCN(c2ccc(C=O)cc2Cl)C1. The molecule has 2 rings (SSSR count). The highest BCUT2D eigenvalue weighted by Gasteiger charge is 2.27. The molecule has 1 atom stereocenters. The van der Waals surface area contributed by atoms with Crippen LogP contribution in [0, 0.1) is 0 Å². The van der Waals surface area contributed by atoms with E-state index in [0.717, 1.165) is 38.2 Å². The summed E-state index contributed by atoms with van der Waals surface area (Å²) in [6.07, 6.45) is 2.01. The number of carbonyl (C=O) groups is 1. The van der Waals surface area contributed by atoms with Crippen LogP contribution in [0.5, 0.6) is 0 Å². The molecule has 3 nitrogen and oxygen atoms in total. The zero-order valence-corrected chi connectivity index (χ0v) is 12.4. The van der Waals surface area contributed by atoms with Gasteiger partial charge in [0.05, 0.1) is 10.7 Å². The van der Waals surface area contributed by atoms with E-state index < -0.39 is 0 Å². The highest BCUT2D eigenvalue weighted by Crippen LogP contribution is 2.30. The van der Waals surface area contributed by atoms with Crippen molar-refractivity contribution in [3.05, 3.63) is 28.8 Å². The van der Waals surface area contributed by atoms with Crippen LogP contribution in [-0.4, -0.2) is 43.4 Å². The topological polar surface area (TPSA) is 23.6 Å². The Morgan fingerprint density at radius 3 is 2.74 bits per heavy atom. The molecule has 1 saturated heterocycles. The first-order valence-corrected chi connectivity index (χ1v) is 7.31. The van der Waals surface area contributed by atoms with Gasteiger partial charge in [0.2, 0.25) is 0 Å². The first kappa shape index (κ1) is 14.4. The normalized spacial score (nSPS) is 19.2. The van der Waals surface area contributed by atoms with E-state index in [0.29, 0.717) is 16.6 Å². The molecule has 0 spiro atoms. The Labute approximate surface area is 120 Å². The van der Waals surface area contributed by atoms with E-state index in [1.165, 1.54) is 6.42 Å². The maximum atomic E-state index is 10.7. The third kappa shape index (κ3) is 3.10. The minimum Gasteiger partial charge on any atom is -0.369 e. The van der Waals surface area contributed by atoms with Crippen molar-refractivity contribution in [3.63, 3.8) is 0 Å². The molecule has 0 aliphatic carbocycles. The molecule has 4 heteroatoms. The molecule has 1 heterocycles. The van der Waals surface area contributed by atoms with E-state index in [4.69, 9.17) is 11.6 Å². The fourth-order valence-corrected chi connectivity index (χ4v) is 3.16. The highest BCUT2D eigenvalue weighted by molar-refractivity contribution is 6.33. The third-order valence-electron chi connectivity index (χ3n) is 3.94. The van der Waals surface area contributed by atoms with Crippen LogP contribution < -0.4 is 4.90 Å². The largest absolute Gasteiger partial charge is 0.369 e. The molecule has 104 valence electrons. The average Bonchev–Trinajstić information content (AvgIpc) is 2.89. The number of rotatable bonds is 5. The van der Waals surface area contributed by atoms with Gasteiger partial charge in [-0.05, 0) is 37.7 Å². The van der Waals surface area contributed by atoms with Gasteiger partial charge in [-0.3, -0.25) is 9.69 Å². The summed E-state index contributed by atoms with van der Waals surface area (Å²) in [4.78, 5) is 15.5. The zero-order valence-electron chi connectivity index (χ0n) is 11.6. The molecule has 1 aromatic carbocycles. The van der Waals surface area contributed by atoms with Gasteiger partial charge < -0.3 is 4.90 Å². The summed E-state index contributed by atoms with van der Waals surface area (Å²) in [5, 5.41) is 0.671. The summed E-state index contributed by atoms with van der Waals surface area (Å²) in [5.74, 6) is 0. The summed E-state index contributed by atoms with van der Waals surface area (Å²) >= 11 is 6.27. The quantitative estimate of drug-likeness (QED) is 0.775. The molecule has 1 aliphatic heterocycles. The molecule has 0 N–H and O–H groups in total. The van der Waals surface area contributed by atoms with Gasteiger partial charge in [0.25, 0.3) is 0 Å². The zero-order chi connectivity index (χ0) is 13.8. The van der Waals surface area contributed by atoms with Gasteiger partial charge in [0.15, 0.2) is 0 Å². The first-order chi connectivity index (χ1) is 9.19. The molecule has 0 radical (unpaired) electrons. The summed E-state index contributed by atoms with van der Waals surface area (Å²) in [6, 6.07) is 6.14. The van der Waals surface area contributed by atoms with Crippen LogP contribution in [0.3, 0.4) is 0 Å². The number of carbonyl (C=O) groups excluding carboxylic acids is 1. The number of nitrogens with zero attached hydrogens (tertiary/aromatic N) is 2. The second-order valence-corrected chi connectivity index (χ2v) is 5.35. The molecular formula is C15H21ClN2O. The Hall–Kier alpha value is -1.06. The van der Waals surface area contributed by atoms with Crippen LogP contribution >= 0.6 is 11.6 Å². The number of anilines is 1. The number of hydrogen-bond donors (Lipinski definition) is 0. The lowest BCUT2D eigenvalue weighted by molar-refractivity contribution is 0.112. The van der Waals surface area contributed by atoms with E-state index >= 15 is 0 Å². The van der Waals surface area contributed by atoms with E-state index in [9.17, 15) is 4.79 Å². The number of halogens is 1. The van der Waals surface area contributed by atoms with Crippen molar-refractivity contribution >= 4 is 23.6 Å². The molecule has 1 aliphatic rings. The van der Waals surface area contributed by atoms with Gasteiger partial charge in [-0.2, -0.15) is 0 Å². The van der Waals surface area contributed by atoms with Crippen LogP contribution in [0.2, 0.25) is 5.02 Å². The molecular weight excluding hydrogens is 260 g/mol. The number of hydrogen-bond acceptors (Lipinski definition) is 3. The lowest BCUT2D eigenvalue weighted by atomic mass is 10.2. The molecule has 1 aromatic rings. The maximum Gasteiger partial charge on any atom is 0.150 e. The van der Waals surface area contributed by atoms with E-state index in [1.54, 1.807) is 6.07 Å². The summed E-state index contributed by atoms with van der Waals surface area (Å²) in [6.45, 7) is 8.64. The van der Waals surface area contributed by atoms with Gasteiger partial charge in [-0.1, -0.05) is 25.4 Å². The molecule has 19 heavy (non-hydrogen) atoms. The van der Waals surface area contributed by atoms with Crippen LogP contribution in [0.1, 0.15) is 30.6 Å². The molecule has 0 saturated carbocycles. The van der Waals surface area contributed by atoms with E-state index in [2.05, 4.69) is 23.6 Å². The van der Waals surface area contributed by atoms with Crippen LogP contribution in [0.15, 0.2) is 18.2 Å². The van der Waals surface area contributed by atoms with E-state index in [-0.39, 0.29) is 0 Å². The minimum absolute atomic E-state index is 0.608. The standard InChI is InChI=1S/C15H21ClN2O/c1-3-17(4-2)13-7-8-18(10-13)15-6-5-12(11-19)9-14(15)16/h5-6,9,11,13H,3-4,7-8,10H2,1-2H3. The summed E-state index contributed by atoms with van der Waals surface area (Å²) in [7, 11) is 0. The van der Waals surface area contributed by atoms with Crippen LogP contribution in [0.25, 0.3) is 0 Å². The average molecular weight is 281 g/mol. The van der Waals surface area contributed by atoms with Crippen molar-refractivity contribution in [2.45, 2.75) is 26.3 Å². The van der Waals surface area contributed by atoms with Gasteiger partial charge in [0.1, 0.15) is 6.29 Å². The summed E-state index contributed by atoms with van der Waals surface area (Å²) in [5.41, 5.74) is 1.68. The van der Waals surface area contributed by atoms with Crippen LogP contribution in [0.4, 0.5) is 5.69 Å². The van der Waals surface area contributed by atoms with Gasteiger partial charge in [-0.25, -0.2) is 0 Å². The molecule has 0 aromatic heterocycles. The van der Waals surface area contributed by atoms with Gasteiger partial charge in [0, 0.05) is 24.7 Å². The second kappa shape index (κ2) is 6.40. The monoisotopic (exact) mass is 280 g/mol. The maximum absolute atomic E-state index is 10.7. The van der Waals surface area contributed by atoms with Crippen molar-refractivity contribution in [2.75, 3.05) is 31.1 Å². The number of likely N-dealkylation sites (N-methyl/N-ethyl adjacent to an activating group) is 1. The van der Waals surface area contributed by atoms with Crippen molar-refractivity contribution in [1.82, 2.24) is 4.90 Å². The first-order valence-electron chi connectivity index (χ1n) is 6.93. The predicted octanol–water partition coefficient (Wildman–Crippen LogP) is 3.07. The lowest BCUT2D eigenvalue weighted by Gasteiger charge is -2.27. The molecule has 1 unspecified atom stereocenters. The third-order valence-corrected chi connectivity index (χ3v) is 4.24. The fourth-order valence-electron chi connectivity index (χ4n) is 2.85. The smallest absolute Gasteiger partial charge is 0.150 e. The van der Waals surface area contributed by atoms with Crippen molar-refractivity contribution in [2.24, 2.45) is 0 Å². The Morgan fingerprint density at radius 2 is 2.16 bits per heavy atom. The Bertz CT molecular complexity index is 446. The Balaban J connectivity index is 2.10. The second-order valence-electron chi connectivity index (χ2n) is 4.94. The van der Waals surface area contributed by atoms with Crippen LogP contribution in [-0.2, 0) is 0 Å². The number of aldehydes is 1. The molecule has 0 bridgehead atoms. The fraction of sp³-hybridized carbons (Fsp3) is 0.533. The lowest BCUT2D eigenvalue weighted by Crippen LogP contribution is -2.37. The van der Waals surface area contributed by atoms with Crippen molar-refractivity contribution in [1.29, 1.82) is 0 Å². The van der Waals surface area contributed by atoms with Crippen molar-refractivity contribution in [3.8, 4) is 0 Å². The molecule has 1 fully saturated rings. The molecule has 0 amide bonds. The Morgan fingerprint density at radius 1 is 1.42 bits per heavy atom. The minimum atomic E-state index is 0.608. The Kier molecular flexibility index (Phi) is 4.83. The predicted molar refractivity (Wildman–Crippen MR) is 80.4 cm³/mol. The van der Waals surface area contributed by atoms with Gasteiger partial charge in [-0.15, -0.1) is 0 Å². The number of benzene rings is 1. The highest BCUT2D eigenvalue weighted by atomic mass is 35.5. The van der Waals surface area contributed by atoms with Crippen molar-refractivity contribution < 1.29 is 4.79 Å². The van der Waals surface area contributed by atoms with Gasteiger partial charge >= 0.3 is 0 Å². The van der Waals surface area contributed by atoms with E-state index in [1.807, 2.05) is 12.1 Å². The summed E-state index contributed by atoms with van der Waals surface area (Å²) < 4.78 is 0.